The number of hydrogen-bond donors (Lipinski definition) is 1. The zero-order chi connectivity index (χ0) is 19.2. The lowest BCUT2D eigenvalue weighted by molar-refractivity contribution is -0.139. The highest BCUT2D eigenvalue weighted by molar-refractivity contribution is 5.81. The number of benzene rings is 1. The Morgan fingerprint density at radius 2 is 1.59 bits per heavy atom. The lowest BCUT2D eigenvalue weighted by atomic mass is 9.81. The van der Waals surface area contributed by atoms with E-state index in [0.29, 0.717) is 13.0 Å². The van der Waals surface area contributed by atoms with Crippen LogP contribution in [0.3, 0.4) is 0 Å². The van der Waals surface area contributed by atoms with Gasteiger partial charge in [0.05, 0.1) is 0 Å². The maximum Gasteiger partial charge on any atom is 0.225 e. The van der Waals surface area contributed by atoms with Crippen molar-refractivity contribution in [2.75, 3.05) is 39.8 Å². The first kappa shape index (κ1) is 19.8. The van der Waals surface area contributed by atoms with Crippen LogP contribution in [0.5, 0.6) is 0 Å². The second kappa shape index (κ2) is 9.31. The standard InChI is InChI=1S/C21H30FN3O2/c1-24-12-14-25(15-13-24)21(27)18-6-4-17(5-7-18)20(26)23-11-10-16-2-8-19(22)9-3-16/h2-3,8-9,17-18H,4-7,10-15H2,1H3,(H,23,26). The average molecular weight is 375 g/mol. The summed E-state index contributed by atoms with van der Waals surface area (Å²) in [5.74, 6) is 0.206. The van der Waals surface area contributed by atoms with Crippen LogP contribution in [0, 0.1) is 17.7 Å². The third-order valence-corrected chi connectivity index (χ3v) is 5.89. The van der Waals surface area contributed by atoms with Gasteiger partial charge in [0.15, 0.2) is 0 Å². The molecule has 1 aliphatic carbocycles. The van der Waals surface area contributed by atoms with Crippen molar-refractivity contribution in [1.29, 1.82) is 0 Å². The molecule has 0 aromatic heterocycles. The van der Waals surface area contributed by atoms with Crippen molar-refractivity contribution < 1.29 is 14.0 Å². The molecule has 1 saturated carbocycles. The Bertz CT molecular complexity index is 633. The molecule has 1 aromatic carbocycles. The van der Waals surface area contributed by atoms with Gasteiger partial charge in [-0.1, -0.05) is 12.1 Å². The summed E-state index contributed by atoms with van der Waals surface area (Å²) >= 11 is 0. The van der Waals surface area contributed by atoms with Crippen molar-refractivity contribution in [2.24, 2.45) is 11.8 Å². The monoisotopic (exact) mass is 375 g/mol. The number of nitrogens with zero attached hydrogens (tertiary/aromatic N) is 2. The lowest BCUT2D eigenvalue weighted by Gasteiger charge is -2.36. The Morgan fingerprint density at radius 1 is 1.00 bits per heavy atom. The Hall–Kier alpha value is -1.95. The average Bonchev–Trinajstić information content (AvgIpc) is 2.69. The second-order valence-corrected chi connectivity index (χ2v) is 7.84. The summed E-state index contributed by atoms with van der Waals surface area (Å²) < 4.78 is 12.9. The highest BCUT2D eigenvalue weighted by atomic mass is 19.1. The summed E-state index contributed by atoms with van der Waals surface area (Å²) in [6.45, 7) is 4.08. The molecular formula is C21H30FN3O2. The van der Waals surface area contributed by atoms with Crippen molar-refractivity contribution in [3.05, 3.63) is 35.6 Å². The molecule has 0 bridgehead atoms. The number of carbonyl (C=O) groups is 2. The van der Waals surface area contributed by atoms with Crippen molar-refractivity contribution in [2.45, 2.75) is 32.1 Å². The molecule has 1 aromatic rings. The summed E-state index contributed by atoms with van der Waals surface area (Å²) in [5, 5.41) is 2.99. The van der Waals surface area contributed by atoms with E-state index in [1.165, 1.54) is 12.1 Å². The van der Waals surface area contributed by atoms with Crippen LogP contribution in [0.4, 0.5) is 4.39 Å². The predicted octanol–water partition coefficient (Wildman–Crippen LogP) is 2.06. The van der Waals surface area contributed by atoms with E-state index in [2.05, 4.69) is 17.3 Å². The van der Waals surface area contributed by atoms with Crippen LogP contribution in [-0.2, 0) is 16.0 Å². The first-order valence-corrected chi connectivity index (χ1v) is 10.0. The molecule has 2 amide bonds. The molecule has 3 rings (SSSR count). The van der Waals surface area contributed by atoms with E-state index < -0.39 is 0 Å². The molecule has 1 heterocycles. The number of hydrogen-bond acceptors (Lipinski definition) is 3. The molecular weight excluding hydrogens is 345 g/mol. The van der Waals surface area contributed by atoms with E-state index >= 15 is 0 Å². The number of carbonyl (C=O) groups excluding carboxylic acids is 2. The zero-order valence-electron chi connectivity index (χ0n) is 16.1. The quantitative estimate of drug-likeness (QED) is 0.857. The van der Waals surface area contributed by atoms with Crippen LogP contribution >= 0.6 is 0 Å². The van der Waals surface area contributed by atoms with Gasteiger partial charge in [0.25, 0.3) is 0 Å². The minimum Gasteiger partial charge on any atom is -0.356 e. The van der Waals surface area contributed by atoms with Crippen LogP contribution in [0.25, 0.3) is 0 Å². The molecule has 2 fully saturated rings. The minimum absolute atomic E-state index is 0.00903. The van der Waals surface area contributed by atoms with Gasteiger partial charge in [-0.3, -0.25) is 9.59 Å². The smallest absolute Gasteiger partial charge is 0.225 e. The summed E-state index contributed by atoms with van der Waals surface area (Å²) in [6, 6.07) is 6.37. The fraction of sp³-hybridized carbons (Fsp3) is 0.619. The third kappa shape index (κ3) is 5.51. The summed E-state index contributed by atoms with van der Waals surface area (Å²) in [6.07, 6.45) is 3.88. The summed E-state index contributed by atoms with van der Waals surface area (Å²) in [5.41, 5.74) is 1.01. The number of halogens is 1. The van der Waals surface area contributed by atoms with Crippen LogP contribution in [-0.4, -0.2) is 61.4 Å². The van der Waals surface area contributed by atoms with Crippen molar-refractivity contribution in [3.63, 3.8) is 0 Å². The molecule has 1 N–H and O–H groups in total. The first-order valence-electron chi connectivity index (χ1n) is 10.0. The van der Waals surface area contributed by atoms with Gasteiger partial charge in [0.1, 0.15) is 5.82 Å². The molecule has 1 saturated heterocycles. The molecule has 148 valence electrons. The van der Waals surface area contributed by atoms with Gasteiger partial charge < -0.3 is 15.1 Å². The lowest BCUT2D eigenvalue weighted by Crippen LogP contribution is -2.49. The highest BCUT2D eigenvalue weighted by Gasteiger charge is 2.32. The number of piperazine rings is 1. The third-order valence-electron chi connectivity index (χ3n) is 5.89. The fourth-order valence-electron chi connectivity index (χ4n) is 4.01. The van der Waals surface area contributed by atoms with E-state index in [-0.39, 0.29) is 29.5 Å². The van der Waals surface area contributed by atoms with Crippen LogP contribution in [0.1, 0.15) is 31.2 Å². The highest BCUT2D eigenvalue weighted by Crippen LogP contribution is 2.30. The number of likely N-dealkylation sites (N-methyl/N-ethyl adjacent to an activating group) is 1. The predicted molar refractivity (Wildman–Crippen MR) is 103 cm³/mol. The van der Waals surface area contributed by atoms with Gasteiger partial charge in [0.2, 0.25) is 11.8 Å². The Balaban J connectivity index is 1.37. The van der Waals surface area contributed by atoms with E-state index in [1.54, 1.807) is 12.1 Å². The van der Waals surface area contributed by atoms with Gasteiger partial charge in [-0.2, -0.15) is 0 Å². The summed E-state index contributed by atoms with van der Waals surface area (Å²) in [4.78, 5) is 29.3. The van der Waals surface area contributed by atoms with Crippen LogP contribution in [0.15, 0.2) is 24.3 Å². The maximum absolute atomic E-state index is 12.9. The molecule has 2 aliphatic rings. The van der Waals surface area contributed by atoms with Gasteiger partial charge in [0, 0.05) is 44.6 Å². The van der Waals surface area contributed by atoms with E-state index in [0.717, 1.165) is 57.4 Å². The maximum atomic E-state index is 12.9. The Labute approximate surface area is 160 Å². The van der Waals surface area contributed by atoms with E-state index in [1.807, 2.05) is 4.90 Å². The van der Waals surface area contributed by atoms with Gasteiger partial charge in [-0.25, -0.2) is 4.39 Å². The van der Waals surface area contributed by atoms with Crippen LogP contribution in [0.2, 0.25) is 0 Å². The van der Waals surface area contributed by atoms with Crippen molar-refractivity contribution >= 4 is 11.8 Å². The largest absolute Gasteiger partial charge is 0.356 e. The zero-order valence-corrected chi connectivity index (χ0v) is 16.1. The first-order chi connectivity index (χ1) is 13.0. The molecule has 0 spiro atoms. The van der Waals surface area contributed by atoms with E-state index in [4.69, 9.17) is 0 Å². The van der Waals surface area contributed by atoms with Crippen molar-refractivity contribution in [1.82, 2.24) is 15.1 Å². The molecule has 5 nitrogen and oxygen atoms in total. The molecule has 6 heteroatoms. The molecule has 0 atom stereocenters. The van der Waals surface area contributed by atoms with Crippen LogP contribution < -0.4 is 5.32 Å². The number of nitrogens with one attached hydrogen (secondary N) is 1. The molecule has 0 radical (unpaired) electrons. The normalized spacial score (nSPS) is 23.9. The molecule has 1 aliphatic heterocycles. The fourth-order valence-corrected chi connectivity index (χ4v) is 4.01. The van der Waals surface area contributed by atoms with Crippen molar-refractivity contribution in [3.8, 4) is 0 Å². The molecule has 0 unspecified atom stereocenters. The van der Waals surface area contributed by atoms with Gasteiger partial charge in [-0.15, -0.1) is 0 Å². The Morgan fingerprint density at radius 3 is 2.22 bits per heavy atom. The topological polar surface area (TPSA) is 52.7 Å². The summed E-state index contributed by atoms with van der Waals surface area (Å²) in [7, 11) is 2.09. The van der Waals surface area contributed by atoms with Gasteiger partial charge in [-0.05, 0) is 56.8 Å². The van der Waals surface area contributed by atoms with E-state index in [9.17, 15) is 14.0 Å². The molecule has 27 heavy (non-hydrogen) atoms. The minimum atomic E-state index is -0.245. The second-order valence-electron chi connectivity index (χ2n) is 7.84. The Kier molecular flexibility index (Phi) is 6.83. The van der Waals surface area contributed by atoms with Gasteiger partial charge >= 0.3 is 0 Å². The SMILES string of the molecule is CN1CCN(C(=O)C2CCC(C(=O)NCCc3ccc(F)cc3)CC2)CC1. The number of rotatable bonds is 5. The number of amides is 2.